The number of rotatable bonds is 3. The number of aryl methyl sites for hydroxylation is 2. The van der Waals surface area contributed by atoms with Crippen molar-refractivity contribution < 1.29 is 9.53 Å². The first kappa shape index (κ1) is 12.2. The fraction of sp³-hybridized carbons (Fsp3) is 0.214. The van der Waals surface area contributed by atoms with Crippen LogP contribution < -0.4 is 0 Å². The van der Waals surface area contributed by atoms with E-state index in [2.05, 4.69) is 10.2 Å². The fourth-order valence-corrected chi connectivity index (χ4v) is 1.71. The van der Waals surface area contributed by atoms with E-state index in [9.17, 15) is 4.79 Å². The van der Waals surface area contributed by atoms with E-state index in [1.807, 2.05) is 37.3 Å². The summed E-state index contributed by atoms with van der Waals surface area (Å²) in [6.45, 7) is 3.83. The van der Waals surface area contributed by atoms with Gasteiger partial charge < -0.3 is 4.74 Å². The van der Waals surface area contributed by atoms with Crippen molar-refractivity contribution in [2.24, 2.45) is 0 Å². The van der Waals surface area contributed by atoms with Gasteiger partial charge in [0.25, 0.3) is 0 Å². The van der Waals surface area contributed by atoms with Gasteiger partial charge >= 0.3 is 5.97 Å². The highest BCUT2D eigenvalue weighted by molar-refractivity contribution is 5.91. The Kier molecular flexibility index (Phi) is 3.67. The van der Waals surface area contributed by atoms with Crippen molar-refractivity contribution in [3.05, 3.63) is 58.9 Å². The topological polar surface area (TPSA) is 52.1 Å². The lowest BCUT2D eigenvalue weighted by Gasteiger charge is -2.08. The molecule has 1 heterocycles. The van der Waals surface area contributed by atoms with Crippen LogP contribution in [0.2, 0.25) is 0 Å². The molecule has 0 N–H and O–H groups in total. The van der Waals surface area contributed by atoms with E-state index in [4.69, 9.17) is 4.74 Å². The molecule has 0 bridgehead atoms. The van der Waals surface area contributed by atoms with Crippen molar-refractivity contribution in [3.63, 3.8) is 0 Å². The Hall–Kier alpha value is -2.23. The molecule has 1 aromatic heterocycles. The average Bonchev–Trinajstić information content (AvgIpc) is 2.37. The first-order chi connectivity index (χ1) is 8.68. The van der Waals surface area contributed by atoms with E-state index >= 15 is 0 Å². The zero-order chi connectivity index (χ0) is 13.0. The van der Waals surface area contributed by atoms with Gasteiger partial charge in [-0.25, -0.2) is 4.79 Å². The number of aromatic nitrogens is 2. The molecular weight excluding hydrogens is 228 g/mol. The fourth-order valence-electron chi connectivity index (χ4n) is 1.71. The van der Waals surface area contributed by atoms with Crippen LogP contribution in [0.15, 0.2) is 36.5 Å². The monoisotopic (exact) mass is 242 g/mol. The Morgan fingerprint density at radius 2 is 1.94 bits per heavy atom. The van der Waals surface area contributed by atoms with Gasteiger partial charge in [0.15, 0.2) is 0 Å². The molecule has 92 valence electrons. The number of hydrogen-bond donors (Lipinski definition) is 0. The third kappa shape index (κ3) is 2.71. The van der Waals surface area contributed by atoms with Crippen LogP contribution in [0.4, 0.5) is 0 Å². The van der Waals surface area contributed by atoms with Crippen molar-refractivity contribution in [3.8, 4) is 0 Å². The number of nitrogens with zero attached hydrogens (tertiary/aromatic N) is 2. The highest BCUT2D eigenvalue weighted by Gasteiger charge is 2.14. The van der Waals surface area contributed by atoms with Crippen LogP contribution in [0.5, 0.6) is 0 Å². The molecule has 0 saturated carbocycles. The minimum Gasteiger partial charge on any atom is -0.457 e. The van der Waals surface area contributed by atoms with E-state index in [0.717, 1.165) is 11.1 Å². The lowest BCUT2D eigenvalue weighted by atomic mass is 10.1. The van der Waals surface area contributed by atoms with Gasteiger partial charge in [0.05, 0.1) is 17.5 Å². The summed E-state index contributed by atoms with van der Waals surface area (Å²) in [5.41, 5.74) is 2.83. The van der Waals surface area contributed by atoms with Gasteiger partial charge in [0.1, 0.15) is 6.61 Å². The Balaban J connectivity index is 2.09. The maximum atomic E-state index is 12.0. The zero-order valence-corrected chi connectivity index (χ0v) is 10.4. The molecule has 4 nitrogen and oxygen atoms in total. The molecule has 0 unspecified atom stereocenters. The van der Waals surface area contributed by atoms with Crippen molar-refractivity contribution >= 4 is 5.97 Å². The quantitative estimate of drug-likeness (QED) is 0.776. The number of ether oxygens (including phenoxy) is 1. The predicted molar refractivity (Wildman–Crippen MR) is 67.1 cm³/mol. The molecule has 2 aromatic rings. The molecule has 18 heavy (non-hydrogen) atoms. The normalized spacial score (nSPS) is 10.1. The molecule has 4 heteroatoms. The van der Waals surface area contributed by atoms with Gasteiger partial charge in [-0.15, -0.1) is 0 Å². The summed E-state index contributed by atoms with van der Waals surface area (Å²) in [5.74, 6) is -0.358. The summed E-state index contributed by atoms with van der Waals surface area (Å²) in [4.78, 5) is 12.0. The molecule has 0 atom stereocenters. The molecule has 0 fully saturated rings. The second-order valence-corrected chi connectivity index (χ2v) is 4.05. The lowest BCUT2D eigenvalue weighted by molar-refractivity contribution is 0.0470. The second-order valence-electron chi connectivity index (χ2n) is 4.05. The summed E-state index contributed by atoms with van der Waals surface area (Å²) in [6.07, 6.45) is 1.56. The molecule has 0 aliphatic carbocycles. The Labute approximate surface area is 106 Å². The van der Waals surface area contributed by atoms with Crippen LogP contribution in [-0.4, -0.2) is 16.2 Å². The van der Waals surface area contributed by atoms with Crippen LogP contribution in [0.3, 0.4) is 0 Å². The zero-order valence-electron chi connectivity index (χ0n) is 10.4. The first-order valence-electron chi connectivity index (χ1n) is 5.68. The average molecular weight is 242 g/mol. The molecule has 2 rings (SSSR count). The third-order valence-electron chi connectivity index (χ3n) is 2.63. The first-order valence-corrected chi connectivity index (χ1v) is 5.68. The number of carbonyl (C=O) groups excluding carboxylic acids is 1. The van der Waals surface area contributed by atoms with E-state index in [0.29, 0.717) is 11.3 Å². The van der Waals surface area contributed by atoms with Crippen LogP contribution in [0.1, 0.15) is 27.2 Å². The van der Waals surface area contributed by atoms with E-state index in [1.165, 1.54) is 0 Å². The maximum Gasteiger partial charge on any atom is 0.340 e. The highest BCUT2D eigenvalue weighted by Crippen LogP contribution is 2.12. The second kappa shape index (κ2) is 5.40. The molecule has 0 spiro atoms. The van der Waals surface area contributed by atoms with Crippen molar-refractivity contribution in [1.82, 2.24) is 10.2 Å². The summed E-state index contributed by atoms with van der Waals surface area (Å²) in [7, 11) is 0. The van der Waals surface area contributed by atoms with Gasteiger partial charge in [0, 0.05) is 0 Å². The van der Waals surface area contributed by atoms with Gasteiger partial charge in [-0.1, -0.05) is 30.3 Å². The summed E-state index contributed by atoms with van der Waals surface area (Å²) >= 11 is 0. The summed E-state index contributed by atoms with van der Waals surface area (Å²) in [5, 5.41) is 7.65. The smallest absolute Gasteiger partial charge is 0.340 e. The molecule has 0 amide bonds. The van der Waals surface area contributed by atoms with Crippen LogP contribution in [-0.2, 0) is 11.3 Å². The standard InChI is InChI=1S/C14H14N2O2/c1-10-8-15-16-11(2)13(10)14(17)18-9-12-6-4-3-5-7-12/h3-8H,9H2,1-2H3. The minimum absolute atomic E-state index is 0.265. The van der Waals surface area contributed by atoms with Gasteiger partial charge in [-0.05, 0) is 25.0 Å². The van der Waals surface area contributed by atoms with Gasteiger partial charge in [-0.3, -0.25) is 0 Å². The van der Waals surface area contributed by atoms with E-state index in [-0.39, 0.29) is 12.6 Å². The molecule has 0 aliphatic heterocycles. The van der Waals surface area contributed by atoms with Crippen molar-refractivity contribution in [2.75, 3.05) is 0 Å². The summed E-state index contributed by atoms with van der Waals surface area (Å²) in [6, 6.07) is 9.57. The van der Waals surface area contributed by atoms with Crippen molar-refractivity contribution in [1.29, 1.82) is 0 Å². The van der Waals surface area contributed by atoms with E-state index in [1.54, 1.807) is 13.1 Å². The van der Waals surface area contributed by atoms with E-state index < -0.39 is 0 Å². The SMILES string of the molecule is Cc1cnnc(C)c1C(=O)OCc1ccccc1. The summed E-state index contributed by atoms with van der Waals surface area (Å²) < 4.78 is 5.27. The van der Waals surface area contributed by atoms with Crippen LogP contribution >= 0.6 is 0 Å². The molecular formula is C14H14N2O2. The highest BCUT2D eigenvalue weighted by atomic mass is 16.5. The molecule has 0 saturated heterocycles. The number of hydrogen-bond acceptors (Lipinski definition) is 4. The van der Waals surface area contributed by atoms with Crippen LogP contribution in [0.25, 0.3) is 0 Å². The number of carbonyl (C=O) groups is 1. The van der Waals surface area contributed by atoms with Crippen LogP contribution in [0, 0.1) is 13.8 Å². The Bertz CT molecular complexity index is 533. The Morgan fingerprint density at radius 1 is 1.22 bits per heavy atom. The lowest BCUT2D eigenvalue weighted by Crippen LogP contribution is -2.11. The number of benzene rings is 1. The number of esters is 1. The molecule has 0 radical (unpaired) electrons. The molecule has 1 aromatic carbocycles. The largest absolute Gasteiger partial charge is 0.457 e. The predicted octanol–water partition coefficient (Wildman–Crippen LogP) is 2.45. The van der Waals surface area contributed by atoms with Gasteiger partial charge in [0.2, 0.25) is 0 Å². The molecule has 0 aliphatic rings. The maximum absolute atomic E-state index is 12.0. The third-order valence-corrected chi connectivity index (χ3v) is 2.63. The Morgan fingerprint density at radius 3 is 2.61 bits per heavy atom. The minimum atomic E-state index is -0.358. The van der Waals surface area contributed by atoms with Crippen molar-refractivity contribution in [2.45, 2.75) is 20.5 Å². The van der Waals surface area contributed by atoms with Gasteiger partial charge in [-0.2, -0.15) is 10.2 Å².